The number of likely N-dealkylation sites (tertiary alicyclic amines) is 1. The lowest BCUT2D eigenvalue weighted by molar-refractivity contribution is -0.126. The van der Waals surface area contributed by atoms with E-state index in [0.29, 0.717) is 25.6 Å². The molecular formula is C20H30ClFN4O2. The van der Waals surface area contributed by atoms with Crippen LogP contribution in [0.4, 0.5) is 14.9 Å². The van der Waals surface area contributed by atoms with Crippen LogP contribution >= 0.6 is 12.4 Å². The summed E-state index contributed by atoms with van der Waals surface area (Å²) in [7, 11) is 0. The molecule has 0 spiro atoms. The largest absolute Gasteiger partial charge is 0.356 e. The fraction of sp³-hybridized carbons (Fsp3) is 0.600. The third-order valence-electron chi connectivity index (χ3n) is 5.45. The van der Waals surface area contributed by atoms with Crippen molar-refractivity contribution in [2.45, 2.75) is 32.1 Å². The first kappa shape index (κ1) is 22.4. The van der Waals surface area contributed by atoms with Gasteiger partial charge in [-0.15, -0.1) is 12.4 Å². The number of rotatable bonds is 5. The SMILES string of the molecule is Cl.O=C(NCCC1CCCNC1)C1CCCN(C(=O)Nc2ccccc2F)C1. The molecule has 0 aromatic heterocycles. The zero-order valence-electron chi connectivity index (χ0n) is 16.1. The van der Waals surface area contributed by atoms with Gasteiger partial charge in [0.1, 0.15) is 5.82 Å². The average Bonchev–Trinajstić information content (AvgIpc) is 2.70. The zero-order valence-corrected chi connectivity index (χ0v) is 16.9. The predicted molar refractivity (Wildman–Crippen MR) is 110 cm³/mol. The number of para-hydroxylation sites is 1. The van der Waals surface area contributed by atoms with Crippen LogP contribution in [0.1, 0.15) is 32.1 Å². The first-order valence-electron chi connectivity index (χ1n) is 9.92. The Hall–Kier alpha value is -1.86. The monoisotopic (exact) mass is 412 g/mol. The summed E-state index contributed by atoms with van der Waals surface area (Å²) in [6.07, 6.45) is 4.96. The average molecular weight is 413 g/mol. The Labute approximate surface area is 172 Å². The van der Waals surface area contributed by atoms with Crippen LogP contribution in [-0.2, 0) is 4.79 Å². The number of urea groups is 1. The zero-order chi connectivity index (χ0) is 19.1. The third-order valence-corrected chi connectivity index (χ3v) is 5.45. The number of carbonyl (C=O) groups is 2. The smallest absolute Gasteiger partial charge is 0.321 e. The van der Waals surface area contributed by atoms with Crippen molar-refractivity contribution >= 4 is 30.0 Å². The summed E-state index contributed by atoms with van der Waals surface area (Å²) in [6, 6.07) is 5.74. The molecule has 1 aromatic rings. The van der Waals surface area contributed by atoms with Gasteiger partial charge in [-0.05, 0) is 63.2 Å². The van der Waals surface area contributed by atoms with Gasteiger partial charge in [-0.3, -0.25) is 4.79 Å². The molecule has 2 aliphatic rings. The van der Waals surface area contributed by atoms with Gasteiger partial charge < -0.3 is 20.9 Å². The second-order valence-electron chi connectivity index (χ2n) is 7.49. The highest BCUT2D eigenvalue weighted by molar-refractivity contribution is 5.90. The van der Waals surface area contributed by atoms with Gasteiger partial charge in [0.15, 0.2) is 0 Å². The van der Waals surface area contributed by atoms with Crippen molar-refractivity contribution in [1.82, 2.24) is 15.5 Å². The molecule has 1 aromatic carbocycles. The molecule has 3 amide bonds. The highest BCUT2D eigenvalue weighted by Crippen LogP contribution is 2.19. The van der Waals surface area contributed by atoms with E-state index in [1.165, 1.54) is 25.0 Å². The van der Waals surface area contributed by atoms with E-state index >= 15 is 0 Å². The fourth-order valence-electron chi connectivity index (χ4n) is 3.85. The molecule has 2 saturated heterocycles. The summed E-state index contributed by atoms with van der Waals surface area (Å²) in [5, 5.41) is 9.02. The first-order chi connectivity index (χ1) is 13.1. The van der Waals surface area contributed by atoms with Gasteiger partial charge in [0, 0.05) is 19.6 Å². The quantitative estimate of drug-likeness (QED) is 0.696. The number of anilines is 1. The summed E-state index contributed by atoms with van der Waals surface area (Å²) in [5.41, 5.74) is 0.162. The Bertz CT molecular complexity index is 655. The van der Waals surface area contributed by atoms with E-state index in [1.807, 2.05) is 0 Å². The molecule has 2 unspecified atom stereocenters. The van der Waals surface area contributed by atoms with Crippen LogP contribution in [0.2, 0.25) is 0 Å². The number of nitrogens with one attached hydrogen (secondary N) is 3. The number of nitrogens with zero attached hydrogens (tertiary/aromatic N) is 1. The van der Waals surface area contributed by atoms with Crippen molar-refractivity contribution < 1.29 is 14.0 Å². The van der Waals surface area contributed by atoms with Crippen molar-refractivity contribution in [3.63, 3.8) is 0 Å². The number of halogens is 2. The van der Waals surface area contributed by atoms with E-state index in [4.69, 9.17) is 0 Å². The van der Waals surface area contributed by atoms with Crippen LogP contribution in [0.15, 0.2) is 24.3 Å². The lowest BCUT2D eigenvalue weighted by Crippen LogP contribution is -2.47. The summed E-state index contributed by atoms with van der Waals surface area (Å²) in [4.78, 5) is 26.5. The summed E-state index contributed by atoms with van der Waals surface area (Å²) >= 11 is 0. The number of amides is 3. The molecule has 0 bridgehead atoms. The van der Waals surface area contributed by atoms with E-state index in [-0.39, 0.29) is 36.0 Å². The van der Waals surface area contributed by atoms with Crippen LogP contribution in [0, 0.1) is 17.7 Å². The van der Waals surface area contributed by atoms with Crippen LogP contribution in [0.3, 0.4) is 0 Å². The van der Waals surface area contributed by atoms with Crippen molar-refractivity contribution in [3.8, 4) is 0 Å². The Morgan fingerprint density at radius 1 is 1.21 bits per heavy atom. The molecule has 2 aliphatic heterocycles. The van der Waals surface area contributed by atoms with Crippen molar-refractivity contribution in [3.05, 3.63) is 30.1 Å². The predicted octanol–water partition coefficient (Wildman–Crippen LogP) is 3.00. The topological polar surface area (TPSA) is 73.5 Å². The lowest BCUT2D eigenvalue weighted by Gasteiger charge is -2.32. The Balaban J connectivity index is 0.00000280. The molecular weight excluding hydrogens is 383 g/mol. The van der Waals surface area contributed by atoms with E-state index in [1.54, 1.807) is 17.0 Å². The minimum Gasteiger partial charge on any atom is -0.356 e. The van der Waals surface area contributed by atoms with Gasteiger partial charge in [0.25, 0.3) is 0 Å². The van der Waals surface area contributed by atoms with Crippen molar-refractivity contribution in [2.75, 3.05) is 38.0 Å². The van der Waals surface area contributed by atoms with Gasteiger partial charge in [-0.2, -0.15) is 0 Å². The minimum absolute atomic E-state index is 0. The maximum Gasteiger partial charge on any atom is 0.321 e. The second-order valence-corrected chi connectivity index (χ2v) is 7.49. The summed E-state index contributed by atoms with van der Waals surface area (Å²) < 4.78 is 13.7. The van der Waals surface area contributed by atoms with E-state index in [0.717, 1.165) is 32.4 Å². The van der Waals surface area contributed by atoms with E-state index < -0.39 is 5.82 Å². The Morgan fingerprint density at radius 3 is 2.79 bits per heavy atom. The normalized spacial score (nSPS) is 22.1. The molecule has 3 rings (SSSR count). The van der Waals surface area contributed by atoms with E-state index in [9.17, 15) is 14.0 Å². The molecule has 28 heavy (non-hydrogen) atoms. The lowest BCUT2D eigenvalue weighted by atomic mass is 9.95. The van der Waals surface area contributed by atoms with E-state index in [2.05, 4.69) is 16.0 Å². The van der Waals surface area contributed by atoms with Crippen molar-refractivity contribution in [1.29, 1.82) is 0 Å². The molecule has 2 fully saturated rings. The van der Waals surface area contributed by atoms with Gasteiger partial charge in [-0.25, -0.2) is 9.18 Å². The molecule has 6 nitrogen and oxygen atoms in total. The summed E-state index contributed by atoms with van der Waals surface area (Å²) in [6.45, 7) is 3.76. The van der Waals surface area contributed by atoms with Crippen LogP contribution in [-0.4, -0.2) is 49.6 Å². The standard InChI is InChI=1S/C20H29FN4O2.ClH/c21-17-7-1-2-8-18(17)24-20(27)25-12-4-6-16(14-25)19(26)23-11-9-15-5-3-10-22-13-15;/h1-2,7-8,15-16,22H,3-6,9-14H2,(H,23,26)(H,24,27);1H. The molecule has 0 aliphatic carbocycles. The molecule has 0 radical (unpaired) electrons. The second kappa shape index (κ2) is 11.2. The number of piperidine rings is 2. The van der Waals surface area contributed by atoms with Gasteiger partial charge in [0.2, 0.25) is 5.91 Å². The molecule has 2 atom stereocenters. The number of carbonyl (C=O) groups excluding carboxylic acids is 2. The molecule has 156 valence electrons. The third kappa shape index (κ3) is 6.34. The first-order valence-corrected chi connectivity index (χ1v) is 9.92. The maximum absolute atomic E-state index is 13.7. The maximum atomic E-state index is 13.7. The number of benzene rings is 1. The van der Waals surface area contributed by atoms with Gasteiger partial charge >= 0.3 is 6.03 Å². The Kier molecular flexibility index (Phi) is 8.99. The van der Waals surface area contributed by atoms with Crippen LogP contribution in [0.25, 0.3) is 0 Å². The minimum atomic E-state index is -0.464. The highest BCUT2D eigenvalue weighted by Gasteiger charge is 2.28. The number of hydrogen-bond donors (Lipinski definition) is 3. The molecule has 3 N–H and O–H groups in total. The highest BCUT2D eigenvalue weighted by atomic mass is 35.5. The molecule has 8 heteroatoms. The molecule has 0 saturated carbocycles. The van der Waals surface area contributed by atoms with Crippen LogP contribution in [0.5, 0.6) is 0 Å². The van der Waals surface area contributed by atoms with Gasteiger partial charge in [-0.1, -0.05) is 12.1 Å². The number of hydrogen-bond acceptors (Lipinski definition) is 3. The molecule has 2 heterocycles. The van der Waals surface area contributed by atoms with Crippen LogP contribution < -0.4 is 16.0 Å². The fourth-order valence-corrected chi connectivity index (χ4v) is 3.85. The van der Waals surface area contributed by atoms with Crippen molar-refractivity contribution in [2.24, 2.45) is 11.8 Å². The Morgan fingerprint density at radius 2 is 2.04 bits per heavy atom. The summed E-state index contributed by atoms with van der Waals surface area (Å²) in [5.74, 6) is -0.0143. The van der Waals surface area contributed by atoms with Gasteiger partial charge in [0.05, 0.1) is 11.6 Å².